The van der Waals surface area contributed by atoms with Crippen LogP contribution in [0.3, 0.4) is 0 Å². The van der Waals surface area contributed by atoms with Crippen molar-refractivity contribution in [1.82, 2.24) is 24.6 Å². The van der Waals surface area contributed by atoms with E-state index >= 15 is 0 Å². The third-order valence-corrected chi connectivity index (χ3v) is 7.77. The van der Waals surface area contributed by atoms with Gasteiger partial charge in [0.2, 0.25) is 5.91 Å². The monoisotopic (exact) mass is 541 g/mol. The molecular formula is C30H31N5O3S. The van der Waals surface area contributed by atoms with Gasteiger partial charge in [0.1, 0.15) is 5.75 Å². The Kier molecular flexibility index (Phi) is 7.97. The lowest BCUT2D eigenvalue weighted by atomic mass is 10.1. The van der Waals surface area contributed by atoms with Crippen molar-refractivity contribution >= 4 is 23.6 Å². The number of piperazine rings is 1. The summed E-state index contributed by atoms with van der Waals surface area (Å²) in [6.45, 7) is 5.54. The minimum absolute atomic E-state index is 0.000743. The van der Waals surface area contributed by atoms with E-state index in [9.17, 15) is 9.59 Å². The molecule has 9 heteroatoms. The lowest BCUT2D eigenvalue weighted by Gasteiger charge is -2.40. The number of carbonyl (C=O) groups excluding carboxylic acids is 2. The number of amides is 2. The minimum atomic E-state index is -0.0727. The van der Waals surface area contributed by atoms with E-state index in [2.05, 4.69) is 10.2 Å². The van der Waals surface area contributed by atoms with Crippen LogP contribution in [-0.4, -0.2) is 74.9 Å². The third kappa shape index (κ3) is 5.83. The Hall–Kier alpha value is -4.11. The average Bonchev–Trinajstić information content (AvgIpc) is 3.40. The molecule has 8 nitrogen and oxygen atoms in total. The van der Waals surface area contributed by atoms with Gasteiger partial charge in [-0.15, -0.1) is 10.2 Å². The van der Waals surface area contributed by atoms with Gasteiger partial charge in [-0.25, -0.2) is 0 Å². The van der Waals surface area contributed by atoms with Gasteiger partial charge in [0.25, 0.3) is 5.91 Å². The number of aromatic nitrogens is 3. The summed E-state index contributed by atoms with van der Waals surface area (Å²) in [7, 11) is 1.64. The quantitative estimate of drug-likeness (QED) is 0.315. The molecule has 1 atom stereocenters. The van der Waals surface area contributed by atoms with Gasteiger partial charge in [0, 0.05) is 42.5 Å². The zero-order valence-corrected chi connectivity index (χ0v) is 23.1. The second-order valence-electron chi connectivity index (χ2n) is 9.55. The normalized spacial score (nSPS) is 15.3. The maximum absolute atomic E-state index is 13.2. The Morgan fingerprint density at radius 2 is 1.67 bits per heavy atom. The Bertz CT molecular complexity index is 1440. The van der Waals surface area contributed by atoms with Crippen molar-refractivity contribution in [1.29, 1.82) is 0 Å². The number of ether oxygens (including phenoxy) is 1. The molecule has 0 radical (unpaired) electrons. The molecule has 0 aliphatic carbocycles. The zero-order valence-electron chi connectivity index (χ0n) is 22.3. The van der Waals surface area contributed by atoms with Crippen LogP contribution in [0, 0.1) is 6.92 Å². The van der Waals surface area contributed by atoms with Gasteiger partial charge >= 0.3 is 0 Å². The average molecular weight is 542 g/mol. The molecule has 3 aromatic carbocycles. The summed E-state index contributed by atoms with van der Waals surface area (Å²) in [5, 5.41) is 9.58. The fraction of sp³-hybridized carbons (Fsp3) is 0.267. The van der Waals surface area contributed by atoms with Crippen molar-refractivity contribution in [3.8, 4) is 22.8 Å². The lowest BCUT2D eigenvalue weighted by molar-refractivity contribution is -0.130. The van der Waals surface area contributed by atoms with Crippen molar-refractivity contribution in [2.75, 3.05) is 32.5 Å². The molecule has 2 heterocycles. The summed E-state index contributed by atoms with van der Waals surface area (Å²) in [6, 6.07) is 25.0. The SMILES string of the molecule is COc1ccc(-n2c(SCC(=O)N3CCN(C(=O)c4ccccc4)C(C)C3)nnc2-c2ccc(C)cc2)cc1. The van der Waals surface area contributed by atoms with Crippen molar-refractivity contribution < 1.29 is 14.3 Å². The van der Waals surface area contributed by atoms with E-state index < -0.39 is 0 Å². The van der Waals surface area contributed by atoms with Gasteiger partial charge in [-0.1, -0.05) is 59.8 Å². The zero-order chi connectivity index (χ0) is 27.4. The van der Waals surface area contributed by atoms with Crippen LogP contribution in [0.4, 0.5) is 0 Å². The number of carbonyl (C=O) groups is 2. The standard InChI is InChI=1S/C30H31N5O3S/c1-21-9-11-23(12-10-21)28-31-32-30(35(28)25-13-15-26(38-3)16-14-25)39-20-27(36)33-17-18-34(22(2)19-33)29(37)24-7-5-4-6-8-24/h4-16,22H,17-20H2,1-3H3. The summed E-state index contributed by atoms with van der Waals surface area (Å²) in [5.41, 5.74) is 3.65. The molecule has 1 aliphatic heterocycles. The van der Waals surface area contributed by atoms with Crippen molar-refractivity contribution in [2.24, 2.45) is 0 Å². The first-order valence-electron chi connectivity index (χ1n) is 12.9. The molecule has 4 aromatic rings. The Balaban J connectivity index is 1.30. The summed E-state index contributed by atoms with van der Waals surface area (Å²) in [4.78, 5) is 29.9. The lowest BCUT2D eigenvalue weighted by Crippen LogP contribution is -2.55. The molecule has 0 bridgehead atoms. The Morgan fingerprint density at radius 1 is 0.949 bits per heavy atom. The maximum Gasteiger partial charge on any atom is 0.254 e. The fourth-order valence-corrected chi connectivity index (χ4v) is 5.52. The van der Waals surface area contributed by atoms with Gasteiger partial charge < -0.3 is 14.5 Å². The largest absolute Gasteiger partial charge is 0.497 e. The third-order valence-electron chi connectivity index (χ3n) is 6.86. The van der Waals surface area contributed by atoms with E-state index in [4.69, 9.17) is 4.74 Å². The van der Waals surface area contributed by atoms with Gasteiger partial charge in [0.15, 0.2) is 11.0 Å². The Labute approximate surface area is 232 Å². The smallest absolute Gasteiger partial charge is 0.254 e. The highest BCUT2D eigenvalue weighted by atomic mass is 32.2. The van der Waals surface area contributed by atoms with Crippen LogP contribution in [0.2, 0.25) is 0 Å². The fourth-order valence-electron chi connectivity index (χ4n) is 4.67. The van der Waals surface area contributed by atoms with E-state index in [1.54, 1.807) is 7.11 Å². The molecule has 0 saturated carbocycles. The molecule has 1 unspecified atom stereocenters. The van der Waals surface area contributed by atoms with Crippen LogP contribution in [0.25, 0.3) is 17.1 Å². The number of nitrogens with zero attached hydrogens (tertiary/aromatic N) is 5. The molecule has 5 rings (SSSR count). The second kappa shape index (κ2) is 11.7. The summed E-state index contributed by atoms with van der Waals surface area (Å²) in [5.74, 6) is 1.70. The van der Waals surface area contributed by atoms with Gasteiger partial charge in [-0.2, -0.15) is 0 Å². The first kappa shape index (κ1) is 26.5. The predicted octanol–water partition coefficient (Wildman–Crippen LogP) is 4.72. The van der Waals surface area contributed by atoms with Gasteiger partial charge in [-0.05, 0) is 50.2 Å². The molecule has 1 aromatic heterocycles. The molecule has 39 heavy (non-hydrogen) atoms. The van der Waals surface area contributed by atoms with E-state index in [0.717, 1.165) is 22.6 Å². The van der Waals surface area contributed by atoms with Crippen LogP contribution < -0.4 is 4.74 Å². The van der Waals surface area contributed by atoms with E-state index in [-0.39, 0.29) is 23.6 Å². The number of hydrogen-bond acceptors (Lipinski definition) is 6. The molecule has 0 N–H and O–H groups in total. The highest BCUT2D eigenvalue weighted by molar-refractivity contribution is 7.99. The first-order valence-corrected chi connectivity index (χ1v) is 13.9. The number of methoxy groups -OCH3 is 1. The van der Waals surface area contributed by atoms with E-state index in [1.165, 1.54) is 11.8 Å². The molecule has 1 fully saturated rings. The van der Waals surface area contributed by atoms with Crippen LogP contribution in [-0.2, 0) is 4.79 Å². The number of rotatable bonds is 7. The summed E-state index contributed by atoms with van der Waals surface area (Å²) in [6.07, 6.45) is 0. The van der Waals surface area contributed by atoms with E-state index in [0.29, 0.717) is 36.2 Å². The predicted molar refractivity (Wildman–Crippen MR) is 152 cm³/mol. The molecule has 1 aliphatic rings. The molecular weight excluding hydrogens is 510 g/mol. The van der Waals surface area contributed by atoms with Crippen molar-refractivity contribution in [3.05, 3.63) is 90.0 Å². The minimum Gasteiger partial charge on any atom is -0.497 e. The molecule has 2 amide bonds. The first-order chi connectivity index (χ1) is 18.9. The number of hydrogen-bond donors (Lipinski definition) is 0. The van der Waals surface area contributed by atoms with Gasteiger partial charge in [0.05, 0.1) is 12.9 Å². The molecule has 200 valence electrons. The van der Waals surface area contributed by atoms with Crippen LogP contribution in [0.15, 0.2) is 84.0 Å². The molecule has 1 saturated heterocycles. The van der Waals surface area contributed by atoms with Crippen molar-refractivity contribution in [2.45, 2.75) is 25.0 Å². The second-order valence-corrected chi connectivity index (χ2v) is 10.5. The van der Waals surface area contributed by atoms with E-state index in [1.807, 2.05) is 107 Å². The van der Waals surface area contributed by atoms with Crippen LogP contribution in [0.5, 0.6) is 5.75 Å². The number of aryl methyl sites for hydroxylation is 1. The molecule has 0 spiro atoms. The summed E-state index contributed by atoms with van der Waals surface area (Å²) >= 11 is 1.36. The number of benzene rings is 3. The number of thioether (sulfide) groups is 1. The van der Waals surface area contributed by atoms with Crippen molar-refractivity contribution in [3.63, 3.8) is 0 Å². The highest BCUT2D eigenvalue weighted by Gasteiger charge is 2.30. The van der Waals surface area contributed by atoms with Crippen LogP contribution >= 0.6 is 11.8 Å². The summed E-state index contributed by atoms with van der Waals surface area (Å²) < 4.78 is 7.30. The van der Waals surface area contributed by atoms with Crippen LogP contribution in [0.1, 0.15) is 22.8 Å². The highest BCUT2D eigenvalue weighted by Crippen LogP contribution is 2.29. The Morgan fingerprint density at radius 3 is 2.33 bits per heavy atom. The van der Waals surface area contributed by atoms with Gasteiger partial charge in [-0.3, -0.25) is 14.2 Å². The topological polar surface area (TPSA) is 80.6 Å². The maximum atomic E-state index is 13.2.